The minimum atomic E-state index is -0.866. The highest BCUT2D eigenvalue weighted by atomic mass is 16.5. The number of aliphatic carboxylic acids is 1. The van der Waals surface area contributed by atoms with E-state index in [0.717, 1.165) is 32.3 Å². The molecule has 1 aliphatic carbocycles. The Hall–Kier alpha value is -0.650. The quantitative estimate of drug-likeness (QED) is 0.656. The second-order valence-electron chi connectivity index (χ2n) is 5.87. The van der Waals surface area contributed by atoms with Crippen LogP contribution in [-0.2, 0) is 14.3 Å². The van der Waals surface area contributed by atoms with Crippen molar-refractivity contribution in [3.8, 4) is 0 Å². The maximum Gasteiger partial charge on any atom is 0.323 e. The first-order valence-corrected chi connectivity index (χ1v) is 7.30. The molecule has 2 N–H and O–H groups in total. The van der Waals surface area contributed by atoms with Gasteiger partial charge >= 0.3 is 5.97 Å². The molecule has 2 unspecified atom stereocenters. The van der Waals surface area contributed by atoms with Crippen LogP contribution in [0, 0.1) is 0 Å². The highest BCUT2D eigenvalue weighted by Gasteiger charge is 2.38. The summed E-state index contributed by atoms with van der Waals surface area (Å²) >= 11 is 0. The van der Waals surface area contributed by atoms with Gasteiger partial charge in [0.05, 0.1) is 12.7 Å². The molecule has 19 heavy (non-hydrogen) atoms. The molecule has 2 rings (SSSR count). The van der Waals surface area contributed by atoms with E-state index in [4.69, 9.17) is 9.47 Å². The van der Waals surface area contributed by atoms with Crippen LogP contribution in [0.1, 0.15) is 45.4 Å². The zero-order valence-corrected chi connectivity index (χ0v) is 11.7. The van der Waals surface area contributed by atoms with Crippen LogP contribution in [0.15, 0.2) is 0 Å². The van der Waals surface area contributed by atoms with Gasteiger partial charge in [-0.05, 0) is 45.4 Å². The summed E-state index contributed by atoms with van der Waals surface area (Å²) in [6, 6.07) is 0.378. The zero-order valence-electron chi connectivity index (χ0n) is 11.7. The minimum absolute atomic E-state index is 0.196. The fraction of sp³-hybridized carbons (Fsp3) is 0.929. The van der Waals surface area contributed by atoms with Gasteiger partial charge in [0.1, 0.15) is 5.54 Å². The number of carbonyl (C=O) groups is 1. The molecule has 1 saturated carbocycles. The second-order valence-corrected chi connectivity index (χ2v) is 5.87. The maximum absolute atomic E-state index is 11.3. The Bertz CT molecular complexity index is 300. The van der Waals surface area contributed by atoms with E-state index in [1.165, 1.54) is 6.42 Å². The molecule has 1 aliphatic heterocycles. The van der Waals surface area contributed by atoms with Gasteiger partial charge in [-0.2, -0.15) is 0 Å². The van der Waals surface area contributed by atoms with Crippen LogP contribution in [0.4, 0.5) is 0 Å². The predicted molar refractivity (Wildman–Crippen MR) is 71.2 cm³/mol. The summed E-state index contributed by atoms with van der Waals surface area (Å²) in [7, 11) is 0. The molecule has 5 heteroatoms. The van der Waals surface area contributed by atoms with Gasteiger partial charge in [-0.15, -0.1) is 0 Å². The lowest BCUT2D eigenvalue weighted by Gasteiger charge is -2.27. The van der Waals surface area contributed by atoms with Gasteiger partial charge in [-0.1, -0.05) is 0 Å². The van der Waals surface area contributed by atoms with Gasteiger partial charge in [0.2, 0.25) is 0 Å². The number of ether oxygens (including phenoxy) is 2. The van der Waals surface area contributed by atoms with Crippen molar-refractivity contribution in [3.05, 3.63) is 0 Å². The fourth-order valence-corrected chi connectivity index (χ4v) is 2.35. The molecule has 0 aromatic rings. The second kappa shape index (κ2) is 6.68. The SMILES string of the molecule is CC(CCOCC1CCCCO1)(NC1CC1)C(=O)O. The van der Waals surface area contributed by atoms with Crippen molar-refractivity contribution in [2.24, 2.45) is 0 Å². The third-order valence-electron chi connectivity index (χ3n) is 3.90. The molecule has 0 radical (unpaired) electrons. The Balaban J connectivity index is 1.65. The normalized spacial score (nSPS) is 26.9. The van der Waals surface area contributed by atoms with Crippen LogP contribution in [0.2, 0.25) is 0 Å². The smallest absolute Gasteiger partial charge is 0.323 e. The summed E-state index contributed by atoms with van der Waals surface area (Å²) in [5.41, 5.74) is -0.866. The summed E-state index contributed by atoms with van der Waals surface area (Å²) in [5.74, 6) is -0.795. The van der Waals surface area contributed by atoms with Crippen molar-refractivity contribution in [2.75, 3.05) is 19.8 Å². The molecule has 0 aromatic heterocycles. The summed E-state index contributed by atoms with van der Waals surface area (Å²) in [6.45, 7) is 3.61. The summed E-state index contributed by atoms with van der Waals surface area (Å²) in [5, 5.41) is 12.5. The molecule has 1 heterocycles. The lowest BCUT2D eigenvalue weighted by molar-refractivity contribution is -0.145. The first-order valence-electron chi connectivity index (χ1n) is 7.30. The van der Waals surface area contributed by atoms with Gasteiger partial charge in [0.15, 0.2) is 0 Å². The Morgan fingerprint density at radius 1 is 1.42 bits per heavy atom. The number of carboxylic acid groups (broad SMARTS) is 1. The van der Waals surface area contributed by atoms with E-state index < -0.39 is 11.5 Å². The molecular weight excluding hydrogens is 246 g/mol. The number of rotatable bonds is 8. The van der Waals surface area contributed by atoms with E-state index in [1.807, 2.05) is 0 Å². The molecule has 1 saturated heterocycles. The van der Waals surface area contributed by atoms with Gasteiger partial charge in [0, 0.05) is 19.3 Å². The molecule has 2 fully saturated rings. The Morgan fingerprint density at radius 2 is 2.21 bits per heavy atom. The van der Waals surface area contributed by atoms with Gasteiger partial charge in [0.25, 0.3) is 0 Å². The first kappa shape index (κ1) is 14.8. The van der Waals surface area contributed by atoms with Crippen LogP contribution in [0.5, 0.6) is 0 Å². The molecule has 0 bridgehead atoms. The van der Waals surface area contributed by atoms with Gasteiger partial charge < -0.3 is 14.6 Å². The summed E-state index contributed by atoms with van der Waals surface area (Å²) in [6.07, 6.45) is 6.24. The number of hydrogen-bond acceptors (Lipinski definition) is 4. The van der Waals surface area contributed by atoms with Crippen molar-refractivity contribution in [2.45, 2.75) is 63.1 Å². The topological polar surface area (TPSA) is 67.8 Å². The Labute approximate surface area is 114 Å². The van der Waals surface area contributed by atoms with Crippen molar-refractivity contribution in [3.63, 3.8) is 0 Å². The van der Waals surface area contributed by atoms with Crippen LogP contribution < -0.4 is 5.32 Å². The Morgan fingerprint density at radius 3 is 2.79 bits per heavy atom. The maximum atomic E-state index is 11.3. The molecule has 0 amide bonds. The average molecular weight is 271 g/mol. The van der Waals surface area contributed by atoms with Crippen LogP contribution >= 0.6 is 0 Å². The van der Waals surface area contributed by atoms with Crippen LogP contribution in [-0.4, -0.2) is 48.6 Å². The largest absolute Gasteiger partial charge is 0.480 e. The predicted octanol–water partition coefficient (Wildman–Crippen LogP) is 1.56. The molecule has 5 nitrogen and oxygen atoms in total. The van der Waals surface area contributed by atoms with Crippen LogP contribution in [0.3, 0.4) is 0 Å². The summed E-state index contributed by atoms with van der Waals surface area (Å²) in [4.78, 5) is 11.3. The summed E-state index contributed by atoms with van der Waals surface area (Å²) < 4.78 is 11.2. The standard InChI is InChI=1S/C14H25NO4/c1-14(13(16)17,15-11-5-6-11)7-9-18-10-12-4-2-3-8-19-12/h11-12,15H,2-10H2,1H3,(H,16,17). The fourth-order valence-electron chi connectivity index (χ4n) is 2.35. The highest BCUT2D eigenvalue weighted by Crippen LogP contribution is 2.24. The van der Waals surface area contributed by atoms with Crippen molar-refractivity contribution in [1.82, 2.24) is 5.32 Å². The van der Waals surface area contributed by atoms with Crippen molar-refractivity contribution >= 4 is 5.97 Å². The zero-order chi connectivity index (χ0) is 13.7. The van der Waals surface area contributed by atoms with Gasteiger partial charge in [-0.3, -0.25) is 10.1 Å². The van der Waals surface area contributed by atoms with E-state index in [9.17, 15) is 9.90 Å². The third-order valence-corrected chi connectivity index (χ3v) is 3.90. The van der Waals surface area contributed by atoms with E-state index in [-0.39, 0.29) is 6.10 Å². The Kier molecular flexibility index (Phi) is 5.19. The molecule has 2 atom stereocenters. The lowest BCUT2D eigenvalue weighted by atomic mass is 9.98. The monoisotopic (exact) mass is 271 g/mol. The average Bonchev–Trinajstić information content (AvgIpc) is 3.19. The molecule has 110 valence electrons. The highest BCUT2D eigenvalue weighted by molar-refractivity contribution is 5.78. The molecule has 2 aliphatic rings. The lowest BCUT2D eigenvalue weighted by Crippen LogP contribution is -2.51. The molecular formula is C14H25NO4. The van der Waals surface area contributed by atoms with Crippen molar-refractivity contribution in [1.29, 1.82) is 0 Å². The molecule has 0 aromatic carbocycles. The van der Waals surface area contributed by atoms with Crippen molar-refractivity contribution < 1.29 is 19.4 Å². The van der Waals surface area contributed by atoms with E-state index in [0.29, 0.717) is 25.7 Å². The first-order chi connectivity index (χ1) is 9.10. The van der Waals surface area contributed by atoms with Gasteiger partial charge in [-0.25, -0.2) is 0 Å². The van der Waals surface area contributed by atoms with E-state index in [1.54, 1.807) is 6.92 Å². The number of carboxylic acids is 1. The van der Waals surface area contributed by atoms with E-state index >= 15 is 0 Å². The van der Waals surface area contributed by atoms with Crippen LogP contribution in [0.25, 0.3) is 0 Å². The molecule has 0 spiro atoms. The number of hydrogen-bond donors (Lipinski definition) is 2. The minimum Gasteiger partial charge on any atom is -0.480 e. The number of nitrogens with one attached hydrogen (secondary N) is 1. The third kappa shape index (κ3) is 4.75. The van der Waals surface area contributed by atoms with E-state index in [2.05, 4.69) is 5.32 Å².